The molecule has 0 heterocycles. The average molecular weight is 416 g/mol. The summed E-state index contributed by atoms with van der Waals surface area (Å²) in [6.07, 6.45) is 1.80. The zero-order valence-electron chi connectivity index (χ0n) is 16.9. The number of halogens is 1. The van der Waals surface area contributed by atoms with Gasteiger partial charge in [0.2, 0.25) is 0 Å². The van der Waals surface area contributed by atoms with Crippen molar-refractivity contribution in [1.29, 1.82) is 0 Å². The van der Waals surface area contributed by atoms with Gasteiger partial charge in [-0.15, -0.1) is 0 Å². The normalized spacial score (nSPS) is 11.2. The Morgan fingerprint density at radius 2 is 1.73 bits per heavy atom. The monoisotopic (exact) mass is 415 g/mol. The summed E-state index contributed by atoms with van der Waals surface area (Å²) in [6.45, 7) is 2.47. The maximum atomic E-state index is 6.09. The van der Waals surface area contributed by atoms with Crippen molar-refractivity contribution in [3.05, 3.63) is 101 Å². The number of benzene rings is 4. The number of aryl methyl sites for hydroxylation is 1. The predicted octanol–water partition coefficient (Wildman–Crippen LogP) is 7.14. The minimum absolute atomic E-state index is 0.465. The molecule has 0 N–H and O–H groups in total. The van der Waals surface area contributed by atoms with Crippen LogP contribution in [0.15, 0.2) is 83.9 Å². The van der Waals surface area contributed by atoms with E-state index in [-0.39, 0.29) is 0 Å². The largest absolute Gasteiger partial charge is 0.493 e. The van der Waals surface area contributed by atoms with Crippen molar-refractivity contribution in [3.63, 3.8) is 0 Å². The molecule has 0 radical (unpaired) electrons. The van der Waals surface area contributed by atoms with E-state index in [4.69, 9.17) is 21.1 Å². The Morgan fingerprint density at radius 3 is 2.60 bits per heavy atom. The lowest BCUT2D eigenvalue weighted by Gasteiger charge is -2.13. The number of hydrogen-bond acceptors (Lipinski definition) is 3. The van der Waals surface area contributed by atoms with Gasteiger partial charge in [0.1, 0.15) is 6.61 Å². The van der Waals surface area contributed by atoms with Crippen molar-refractivity contribution in [2.75, 3.05) is 7.11 Å². The Bertz CT molecular complexity index is 1210. The second kappa shape index (κ2) is 9.02. The molecular weight excluding hydrogens is 394 g/mol. The maximum Gasteiger partial charge on any atom is 0.161 e. The molecule has 4 aromatic carbocycles. The number of methoxy groups -OCH3 is 1. The third kappa shape index (κ3) is 4.47. The van der Waals surface area contributed by atoms with Gasteiger partial charge in [0.25, 0.3) is 0 Å². The van der Waals surface area contributed by atoms with Gasteiger partial charge in [-0.1, -0.05) is 60.1 Å². The van der Waals surface area contributed by atoms with Crippen molar-refractivity contribution in [2.45, 2.75) is 13.5 Å². The van der Waals surface area contributed by atoms with Gasteiger partial charge in [-0.2, -0.15) is 0 Å². The first kappa shape index (κ1) is 20.0. The van der Waals surface area contributed by atoms with Crippen molar-refractivity contribution >= 4 is 34.3 Å². The fourth-order valence-electron chi connectivity index (χ4n) is 3.32. The van der Waals surface area contributed by atoms with E-state index in [9.17, 15) is 0 Å². The van der Waals surface area contributed by atoms with Gasteiger partial charge >= 0.3 is 0 Å². The summed E-state index contributed by atoms with van der Waals surface area (Å²) in [7, 11) is 1.64. The number of nitrogens with zero attached hydrogens (tertiary/aromatic N) is 1. The van der Waals surface area contributed by atoms with E-state index in [1.807, 2.05) is 55.5 Å². The Morgan fingerprint density at radius 1 is 0.900 bits per heavy atom. The van der Waals surface area contributed by atoms with E-state index >= 15 is 0 Å². The minimum atomic E-state index is 0.465. The highest BCUT2D eigenvalue weighted by atomic mass is 35.5. The molecule has 0 aliphatic carbocycles. The number of aliphatic imine (C=N–C) groups is 1. The van der Waals surface area contributed by atoms with Crippen LogP contribution in [0.25, 0.3) is 10.8 Å². The van der Waals surface area contributed by atoms with Gasteiger partial charge < -0.3 is 9.47 Å². The fourth-order valence-corrected chi connectivity index (χ4v) is 3.49. The summed E-state index contributed by atoms with van der Waals surface area (Å²) < 4.78 is 11.6. The highest BCUT2D eigenvalue weighted by Crippen LogP contribution is 2.30. The lowest BCUT2D eigenvalue weighted by Crippen LogP contribution is -1.99. The van der Waals surface area contributed by atoms with Gasteiger partial charge in [-0.3, -0.25) is 4.99 Å². The lowest BCUT2D eigenvalue weighted by atomic mass is 10.1. The van der Waals surface area contributed by atoms with E-state index in [0.717, 1.165) is 22.4 Å². The molecule has 0 amide bonds. The third-order valence-corrected chi connectivity index (χ3v) is 5.21. The van der Waals surface area contributed by atoms with Gasteiger partial charge in [-0.05, 0) is 64.7 Å². The summed E-state index contributed by atoms with van der Waals surface area (Å²) in [5.74, 6) is 1.36. The molecule has 4 aromatic rings. The van der Waals surface area contributed by atoms with Crippen LogP contribution in [0.4, 0.5) is 5.69 Å². The predicted molar refractivity (Wildman–Crippen MR) is 125 cm³/mol. The van der Waals surface area contributed by atoms with Crippen LogP contribution in [0.3, 0.4) is 0 Å². The van der Waals surface area contributed by atoms with Crippen LogP contribution in [0.5, 0.6) is 11.5 Å². The van der Waals surface area contributed by atoms with Crippen LogP contribution >= 0.6 is 11.6 Å². The molecule has 3 nitrogen and oxygen atoms in total. The van der Waals surface area contributed by atoms with Gasteiger partial charge in [0.15, 0.2) is 11.5 Å². The molecular formula is C26H22ClNO2. The minimum Gasteiger partial charge on any atom is -0.493 e. The highest BCUT2D eigenvalue weighted by molar-refractivity contribution is 6.30. The zero-order valence-corrected chi connectivity index (χ0v) is 17.7. The van der Waals surface area contributed by atoms with Crippen LogP contribution < -0.4 is 9.47 Å². The highest BCUT2D eigenvalue weighted by Gasteiger charge is 2.07. The quantitative estimate of drug-likeness (QED) is 0.313. The lowest BCUT2D eigenvalue weighted by molar-refractivity contribution is 0.285. The van der Waals surface area contributed by atoms with Crippen LogP contribution in [-0.2, 0) is 6.61 Å². The fraction of sp³-hybridized carbons (Fsp3) is 0.115. The summed E-state index contributed by atoms with van der Waals surface area (Å²) in [6, 6.07) is 26.0. The molecule has 4 rings (SSSR count). The van der Waals surface area contributed by atoms with Crippen LogP contribution in [0.2, 0.25) is 5.02 Å². The Labute approximate surface area is 181 Å². The number of fused-ring (bicyclic) bond motifs is 1. The van der Waals surface area contributed by atoms with Crippen LogP contribution in [-0.4, -0.2) is 13.3 Å². The molecule has 0 bridgehead atoms. The molecule has 0 saturated heterocycles. The van der Waals surface area contributed by atoms with Crippen molar-refractivity contribution < 1.29 is 9.47 Å². The van der Waals surface area contributed by atoms with Crippen molar-refractivity contribution in [2.24, 2.45) is 4.99 Å². The molecule has 0 unspecified atom stereocenters. The number of ether oxygens (including phenoxy) is 2. The molecule has 4 heteroatoms. The molecule has 0 atom stereocenters. The second-order valence-electron chi connectivity index (χ2n) is 7.03. The molecule has 0 spiro atoms. The molecule has 150 valence electrons. The van der Waals surface area contributed by atoms with E-state index in [1.54, 1.807) is 13.3 Å². The molecule has 0 fully saturated rings. The molecule has 0 aliphatic rings. The summed E-state index contributed by atoms with van der Waals surface area (Å²) in [4.78, 5) is 4.56. The van der Waals surface area contributed by atoms with E-state index in [2.05, 4.69) is 35.3 Å². The van der Waals surface area contributed by atoms with Crippen molar-refractivity contribution in [3.8, 4) is 11.5 Å². The van der Waals surface area contributed by atoms with Gasteiger partial charge in [-0.25, -0.2) is 0 Å². The first-order valence-electron chi connectivity index (χ1n) is 9.72. The maximum absolute atomic E-state index is 6.09. The molecule has 0 aliphatic heterocycles. The van der Waals surface area contributed by atoms with Gasteiger partial charge in [0, 0.05) is 11.2 Å². The summed E-state index contributed by atoms with van der Waals surface area (Å²) >= 11 is 6.08. The Hall–Kier alpha value is -3.30. The molecule has 0 aromatic heterocycles. The second-order valence-corrected chi connectivity index (χ2v) is 7.46. The topological polar surface area (TPSA) is 30.8 Å². The standard InChI is InChI=1S/C26H22ClNO2/c1-18-10-12-22(27)15-24(18)28-16-19-11-13-25(26(14-19)29-2)30-17-21-8-5-7-20-6-3-4-9-23(20)21/h3-16H,17H2,1-2H3. The Balaban J connectivity index is 1.53. The summed E-state index contributed by atoms with van der Waals surface area (Å²) in [5, 5.41) is 3.07. The average Bonchev–Trinajstić information content (AvgIpc) is 2.78. The van der Waals surface area contributed by atoms with E-state index < -0.39 is 0 Å². The van der Waals surface area contributed by atoms with E-state index in [0.29, 0.717) is 23.1 Å². The first-order valence-corrected chi connectivity index (χ1v) is 10.1. The summed E-state index contributed by atoms with van der Waals surface area (Å²) in [5.41, 5.74) is 3.97. The number of hydrogen-bond donors (Lipinski definition) is 0. The smallest absolute Gasteiger partial charge is 0.161 e. The Kier molecular flexibility index (Phi) is 6.01. The van der Waals surface area contributed by atoms with Crippen LogP contribution in [0.1, 0.15) is 16.7 Å². The zero-order chi connectivity index (χ0) is 20.9. The molecule has 0 saturated carbocycles. The first-order chi connectivity index (χ1) is 14.6. The van der Waals surface area contributed by atoms with Gasteiger partial charge in [0.05, 0.1) is 12.8 Å². The number of rotatable bonds is 6. The third-order valence-electron chi connectivity index (χ3n) is 4.97. The van der Waals surface area contributed by atoms with E-state index in [1.165, 1.54) is 10.8 Å². The molecule has 30 heavy (non-hydrogen) atoms. The van der Waals surface area contributed by atoms with Crippen molar-refractivity contribution in [1.82, 2.24) is 0 Å². The van der Waals surface area contributed by atoms with Crippen LogP contribution in [0, 0.1) is 6.92 Å². The SMILES string of the molecule is COc1cc(C=Nc2cc(Cl)ccc2C)ccc1OCc1cccc2ccccc12.